The minimum absolute atomic E-state index is 0.00282. The summed E-state index contributed by atoms with van der Waals surface area (Å²) in [5.74, 6) is -0.00282. The maximum absolute atomic E-state index is 11.1. The van der Waals surface area contributed by atoms with Crippen molar-refractivity contribution in [2.75, 3.05) is 6.54 Å². The molecule has 0 unspecified atom stereocenters. The van der Waals surface area contributed by atoms with Crippen molar-refractivity contribution < 1.29 is 4.79 Å². The Bertz CT molecular complexity index is 305. The van der Waals surface area contributed by atoms with Crippen LogP contribution in [0.2, 0.25) is 0 Å². The number of amides is 1. The number of hydrogen-bond acceptors (Lipinski definition) is 1. The Hall–Kier alpha value is -0.770. The Morgan fingerprint density at radius 3 is 3.09 bits per heavy atom. The normalized spacial score (nSPS) is 15.9. The molecule has 4 heteroatoms. The average molecular weight is 215 g/mol. The highest BCUT2D eigenvalue weighted by Gasteiger charge is 2.18. The van der Waals surface area contributed by atoms with Crippen molar-refractivity contribution in [2.45, 2.75) is 6.42 Å². The first kappa shape index (κ1) is 6.91. The molecule has 3 nitrogen and oxygen atoms in total. The fourth-order valence-electron chi connectivity index (χ4n) is 1.26. The number of halogens is 1. The number of fused-ring (bicyclic) bond motifs is 1. The van der Waals surface area contributed by atoms with Crippen molar-refractivity contribution in [2.24, 2.45) is 0 Å². The molecule has 0 spiro atoms. The number of nitrogens with one attached hydrogen (secondary N) is 2. The molecular weight excluding hydrogens is 208 g/mol. The van der Waals surface area contributed by atoms with Crippen LogP contribution in [0.1, 0.15) is 16.1 Å². The lowest BCUT2D eigenvalue weighted by atomic mass is 10.1. The van der Waals surface area contributed by atoms with Crippen molar-refractivity contribution in [3.05, 3.63) is 21.9 Å². The molecule has 0 radical (unpaired) electrons. The van der Waals surface area contributed by atoms with Crippen LogP contribution in [0.15, 0.2) is 10.7 Å². The highest BCUT2D eigenvalue weighted by atomic mass is 79.9. The van der Waals surface area contributed by atoms with E-state index < -0.39 is 0 Å². The fraction of sp³-hybridized carbons (Fsp3) is 0.286. The van der Waals surface area contributed by atoms with E-state index in [4.69, 9.17) is 0 Å². The summed E-state index contributed by atoms with van der Waals surface area (Å²) in [6, 6.07) is 1.95. The van der Waals surface area contributed by atoms with Gasteiger partial charge in [-0.3, -0.25) is 4.79 Å². The molecule has 0 saturated heterocycles. The fourth-order valence-corrected chi connectivity index (χ4v) is 1.73. The van der Waals surface area contributed by atoms with Gasteiger partial charge in [0.15, 0.2) is 0 Å². The first-order valence-electron chi connectivity index (χ1n) is 3.43. The van der Waals surface area contributed by atoms with E-state index in [-0.39, 0.29) is 5.91 Å². The Labute approximate surface area is 72.3 Å². The molecule has 1 aromatic heterocycles. The number of hydrogen-bond donors (Lipinski definition) is 2. The number of carbonyl (C=O) groups excluding carboxylic acids is 1. The highest BCUT2D eigenvalue weighted by molar-refractivity contribution is 9.10. The molecule has 1 aliphatic rings. The lowest BCUT2D eigenvalue weighted by Gasteiger charge is -2.10. The van der Waals surface area contributed by atoms with Crippen molar-refractivity contribution in [1.29, 1.82) is 0 Å². The van der Waals surface area contributed by atoms with Crippen LogP contribution in [0.4, 0.5) is 0 Å². The zero-order valence-corrected chi connectivity index (χ0v) is 7.36. The van der Waals surface area contributed by atoms with Crippen LogP contribution in [0, 0.1) is 0 Å². The van der Waals surface area contributed by atoms with Gasteiger partial charge in [-0.15, -0.1) is 0 Å². The number of aromatic amines is 1. The van der Waals surface area contributed by atoms with Crippen molar-refractivity contribution in [3.8, 4) is 0 Å². The largest absolute Gasteiger partial charge is 0.350 e. The SMILES string of the molecule is O=C1NCCc2cc(Br)[nH]c21. The Morgan fingerprint density at radius 2 is 2.36 bits per heavy atom. The molecule has 0 fully saturated rings. The van der Waals surface area contributed by atoms with Gasteiger partial charge in [-0.05, 0) is 34.0 Å². The van der Waals surface area contributed by atoms with Crippen LogP contribution in [-0.4, -0.2) is 17.4 Å². The Morgan fingerprint density at radius 1 is 1.55 bits per heavy atom. The van der Waals surface area contributed by atoms with E-state index in [9.17, 15) is 4.79 Å². The highest BCUT2D eigenvalue weighted by Crippen LogP contribution is 2.18. The summed E-state index contributed by atoms with van der Waals surface area (Å²) in [5.41, 5.74) is 1.80. The summed E-state index contributed by atoms with van der Waals surface area (Å²) < 4.78 is 0.875. The van der Waals surface area contributed by atoms with Gasteiger partial charge < -0.3 is 10.3 Å². The van der Waals surface area contributed by atoms with Crippen LogP contribution in [0.3, 0.4) is 0 Å². The van der Waals surface area contributed by atoms with Crippen LogP contribution in [0.25, 0.3) is 0 Å². The second-order valence-electron chi connectivity index (χ2n) is 2.52. The summed E-state index contributed by atoms with van der Waals surface area (Å²) in [4.78, 5) is 14.1. The molecule has 0 aliphatic carbocycles. The lowest BCUT2D eigenvalue weighted by Crippen LogP contribution is -2.31. The zero-order chi connectivity index (χ0) is 7.84. The predicted octanol–water partition coefficient (Wildman–Crippen LogP) is 1.06. The smallest absolute Gasteiger partial charge is 0.268 e. The van der Waals surface area contributed by atoms with Crippen LogP contribution in [0.5, 0.6) is 0 Å². The molecule has 1 aromatic rings. The number of H-pyrrole nitrogens is 1. The third-order valence-corrected chi connectivity index (χ3v) is 2.20. The maximum atomic E-state index is 11.1. The minimum Gasteiger partial charge on any atom is -0.350 e. The number of aromatic nitrogens is 1. The number of rotatable bonds is 0. The molecule has 1 aliphatic heterocycles. The molecular formula is C7H7BrN2O. The van der Waals surface area contributed by atoms with Gasteiger partial charge in [0.05, 0.1) is 4.60 Å². The Balaban J connectivity index is 2.52. The van der Waals surface area contributed by atoms with Gasteiger partial charge in [0.25, 0.3) is 5.91 Å². The van der Waals surface area contributed by atoms with E-state index in [0.29, 0.717) is 5.69 Å². The maximum Gasteiger partial charge on any atom is 0.268 e. The van der Waals surface area contributed by atoms with E-state index in [0.717, 1.165) is 23.1 Å². The van der Waals surface area contributed by atoms with E-state index in [1.54, 1.807) is 0 Å². The van der Waals surface area contributed by atoms with Gasteiger partial charge in [-0.1, -0.05) is 0 Å². The second-order valence-corrected chi connectivity index (χ2v) is 3.38. The molecule has 0 atom stereocenters. The molecule has 58 valence electrons. The predicted molar refractivity (Wildman–Crippen MR) is 44.5 cm³/mol. The van der Waals surface area contributed by atoms with Gasteiger partial charge >= 0.3 is 0 Å². The summed E-state index contributed by atoms with van der Waals surface area (Å²) in [7, 11) is 0. The molecule has 0 bridgehead atoms. The lowest BCUT2D eigenvalue weighted by molar-refractivity contribution is 0.0941. The average Bonchev–Trinajstić information content (AvgIpc) is 2.31. The molecule has 2 heterocycles. The molecule has 0 saturated carbocycles. The zero-order valence-electron chi connectivity index (χ0n) is 5.78. The van der Waals surface area contributed by atoms with Crippen molar-refractivity contribution in [1.82, 2.24) is 10.3 Å². The van der Waals surface area contributed by atoms with Gasteiger partial charge in [0, 0.05) is 6.54 Å². The van der Waals surface area contributed by atoms with E-state index >= 15 is 0 Å². The topological polar surface area (TPSA) is 44.9 Å². The van der Waals surface area contributed by atoms with Gasteiger partial charge in [-0.25, -0.2) is 0 Å². The van der Waals surface area contributed by atoms with Crippen LogP contribution < -0.4 is 5.32 Å². The van der Waals surface area contributed by atoms with Gasteiger partial charge in [0.1, 0.15) is 5.69 Å². The summed E-state index contributed by atoms with van der Waals surface area (Å²) >= 11 is 3.28. The first-order chi connectivity index (χ1) is 5.27. The molecule has 2 N–H and O–H groups in total. The van der Waals surface area contributed by atoms with Crippen molar-refractivity contribution in [3.63, 3.8) is 0 Å². The molecule has 0 aromatic carbocycles. The third-order valence-electron chi connectivity index (χ3n) is 1.77. The van der Waals surface area contributed by atoms with Gasteiger partial charge in [-0.2, -0.15) is 0 Å². The van der Waals surface area contributed by atoms with Crippen LogP contribution >= 0.6 is 15.9 Å². The minimum atomic E-state index is -0.00282. The summed E-state index contributed by atoms with van der Waals surface area (Å²) in [5, 5.41) is 2.76. The quantitative estimate of drug-likeness (QED) is 0.667. The summed E-state index contributed by atoms with van der Waals surface area (Å²) in [6.45, 7) is 0.746. The van der Waals surface area contributed by atoms with E-state index in [1.807, 2.05) is 6.07 Å². The van der Waals surface area contributed by atoms with E-state index in [1.165, 1.54) is 0 Å². The van der Waals surface area contributed by atoms with Crippen LogP contribution in [-0.2, 0) is 6.42 Å². The third kappa shape index (κ3) is 1.07. The Kier molecular flexibility index (Phi) is 1.49. The molecule has 2 rings (SSSR count). The second kappa shape index (κ2) is 2.37. The monoisotopic (exact) mass is 214 g/mol. The summed E-state index contributed by atoms with van der Waals surface area (Å²) in [6.07, 6.45) is 0.920. The number of carbonyl (C=O) groups is 1. The molecule has 1 amide bonds. The molecule has 11 heavy (non-hydrogen) atoms. The van der Waals surface area contributed by atoms with Gasteiger partial charge in [0.2, 0.25) is 0 Å². The van der Waals surface area contributed by atoms with E-state index in [2.05, 4.69) is 26.2 Å². The first-order valence-corrected chi connectivity index (χ1v) is 4.22. The standard InChI is InChI=1S/C7H7BrN2O/c8-5-3-4-1-2-9-7(11)6(4)10-5/h3,10H,1-2H2,(H,9,11). The van der Waals surface area contributed by atoms with Crippen molar-refractivity contribution >= 4 is 21.8 Å².